The Morgan fingerprint density at radius 2 is 1.29 bits per heavy atom. The van der Waals surface area contributed by atoms with Gasteiger partial charge in [0, 0.05) is 5.56 Å². The largest absolute Gasteiger partial charge is 0.464 e. The lowest BCUT2D eigenvalue weighted by Crippen LogP contribution is -1.82. The highest BCUT2D eigenvalue weighted by Gasteiger charge is 2.07. The quantitative estimate of drug-likeness (QED) is 0.614. The Balaban J connectivity index is 2.18. The van der Waals surface area contributed by atoms with Crippen molar-refractivity contribution < 1.29 is 4.42 Å². The standard InChI is InChI=1S/C16H12O/c1-2-7-13(8-3-1)14-9-4-5-10-15(14)16-11-6-12-17-16/h1-12H. The maximum Gasteiger partial charge on any atom is 0.134 e. The molecule has 0 saturated heterocycles. The Morgan fingerprint density at radius 3 is 2.00 bits per heavy atom. The normalized spacial score (nSPS) is 10.4. The van der Waals surface area contributed by atoms with Crippen molar-refractivity contribution in [3.8, 4) is 22.5 Å². The molecule has 0 atom stereocenters. The van der Waals surface area contributed by atoms with Gasteiger partial charge in [-0.25, -0.2) is 0 Å². The topological polar surface area (TPSA) is 13.1 Å². The molecule has 3 rings (SSSR count). The third-order valence-electron chi connectivity index (χ3n) is 2.80. The van der Waals surface area contributed by atoms with Crippen LogP contribution in [0.15, 0.2) is 77.4 Å². The Hall–Kier alpha value is -2.28. The molecule has 0 N–H and O–H groups in total. The van der Waals surface area contributed by atoms with Gasteiger partial charge in [-0.15, -0.1) is 0 Å². The van der Waals surface area contributed by atoms with Crippen molar-refractivity contribution in [1.29, 1.82) is 0 Å². The summed E-state index contributed by atoms with van der Waals surface area (Å²) in [5.41, 5.74) is 3.53. The molecular formula is C16H12O. The van der Waals surface area contributed by atoms with Crippen molar-refractivity contribution in [2.45, 2.75) is 0 Å². The molecule has 0 radical (unpaired) electrons. The Bertz CT molecular complexity index is 594. The first kappa shape index (κ1) is 9.91. The van der Waals surface area contributed by atoms with E-state index in [1.807, 2.05) is 36.4 Å². The zero-order chi connectivity index (χ0) is 11.5. The van der Waals surface area contributed by atoms with E-state index in [4.69, 9.17) is 4.42 Å². The van der Waals surface area contributed by atoms with Gasteiger partial charge in [0.2, 0.25) is 0 Å². The van der Waals surface area contributed by atoms with Gasteiger partial charge in [-0.1, -0.05) is 54.6 Å². The third kappa shape index (κ3) is 1.87. The minimum Gasteiger partial charge on any atom is -0.464 e. The van der Waals surface area contributed by atoms with E-state index >= 15 is 0 Å². The highest BCUT2D eigenvalue weighted by atomic mass is 16.3. The van der Waals surface area contributed by atoms with Gasteiger partial charge in [0.1, 0.15) is 5.76 Å². The van der Waals surface area contributed by atoms with Crippen molar-refractivity contribution in [3.63, 3.8) is 0 Å². The molecule has 0 amide bonds. The second-order valence-corrected chi connectivity index (χ2v) is 3.89. The van der Waals surface area contributed by atoms with Crippen LogP contribution in [0, 0.1) is 0 Å². The summed E-state index contributed by atoms with van der Waals surface area (Å²) in [6.45, 7) is 0. The van der Waals surface area contributed by atoms with Crippen LogP contribution in [-0.4, -0.2) is 0 Å². The molecule has 2 aromatic carbocycles. The highest BCUT2D eigenvalue weighted by molar-refractivity contribution is 5.81. The number of rotatable bonds is 2. The summed E-state index contributed by atoms with van der Waals surface area (Å²) in [6, 6.07) is 22.5. The Labute approximate surface area is 100 Å². The Kier molecular flexibility index (Phi) is 2.51. The van der Waals surface area contributed by atoms with Crippen molar-refractivity contribution in [3.05, 3.63) is 73.0 Å². The van der Waals surface area contributed by atoms with Crippen LogP contribution < -0.4 is 0 Å². The molecule has 0 aliphatic carbocycles. The number of benzene rings is 2. The van der Waals surface area contributed by atoms with Gasteiger partial charge >= 0.3 is 0 Å². The van der Waals surface area contributed by atoms with E-state index in [9.17, 15) is 0 Å². The van der Waals surface area contributed by atoms with Crippen LogP contribution in [-0.2, 0) is 0 Å². The SMILES string of the molecule is c1ccc(-c2ccccc2-c2ccco2)cc1. The first-order valence-corrected chi connectivity index (χ1v) is 5.63. The van der Waals surface area contributed by atoms with Crippen LogP contribution in [0.4, 0.5) is 0 Å². The van der Waals surface area contributed by atoms with E-state index in [1.165, 1.54) is 11.1 Å². The fourth-order valence-corrected chi connectivity index (χ4v) is 2.00. The summed E-state index contributed by atoms with van der Waals surface area (Å²) in [5.74, 6) is 0.907. The van der Waals surface area contributed by atoms with Crippen LogP contribution >= 0.6 is 0 Å². The summed E-state index contributed by atoms with van der Waals surface area (Å²) in [5, 5.41) is 0. The van der Waals surface area contributed by atoms with Gasteiger partial charge in [0.15, 0.2) is 0 Å². The van der Waals surface area contributed by atoms with Crippen LogP contribution in [0.3, 0.4) is 0 Å². The second-order valence-electron chi connectivity index (χ2n) is 3.89. The average Bonchev–Trinajstić information content (AvgIpc) is 2.94. The highest BCUT2D eigenvalue weighted by Crippen LogP contribution is 2.31. The fraction of sp³-hybridized carbons (Fsp3) is 0. The average molecular weight is 220 g/mol. The van der Waals surface area contributed by atoms with E-state index in [0.717, 1.165) is 11.3 Å². The summed E-state index contributed by atoms with van der Waals surface area (Å²) < 4.78 is 5.48. The van der Waals surface area contributed by atoms with E-state index in [-0.39, 0.29) is 0 Å². The molecule has 0 fully saturated rings. The zero-order valence-electron chi connectivity index (χ0n) is 9.34. The molecule has 1 aromatic heterocycles. The summed E-state index contributed by atoms with van der Waals surface area (Å²) in [7, 11) is 0. The van der Waals surface area contributed by atoms with Crippen LogP contribution in [0.25, 0.3) is 22.5 Å². The second kappa shape index (κ2) is 4.30. The molecule has 0 bridgehead atoms. The van der Waals surface area contributed by atoms with Gasteiger partial charge in [0.25, 0.3) is 0 Å². The number of furan rings is 1. The lowest BCUT2D eigenvalue weighted by molar-refractivity contribution is 0.582. The molecule has 1 nitrogen and oxygen atoms in total. The van der Waals surface area contributed by atoms with Gasteiger partial charge in [-0.05, 0) is 23.3 Å². The molecule has 17 heavy (non-hydrogen) atoms. The monoisotopic (exact) mass is 220 g/mol. The van der Waals surface area contributed by atoms with E-state index in [0.29, 0.717) is 0 Å². The summed E-state index contributed by atoms with van der Waals surface area (Å²) in [6.07, 6.45) is 1.71. The Morgan fingerprint density at radius 1 is 0.588 bits per heavy atom. The van der Waals surface area contributed by atoms with Crippen molar-refractivity contribution in [2.24, 2.45) is 0 Å². The lowest BCUT2D eigenvalue weighted by atomic mass is 9.98. The number of hydrogen-bond acceptors (Lipinski definition) is 1. The van der Waals surface area contributed by atoms with Crippen LogP contribution in [0.2, 0.25) is 0 Å². The summed E-state index contributed by atoms with van der Waals surface area (Å²) in [4.78, 5) is 0. The van der Waals surface area contributed by atoms with Crippen molar-refractivity contribution >= 4 is 0 Å². The van der Waals surface area contributed by atoms with Crippen molar-refractivity contribution in [2.75, 3.05) is 0 Å². The van der Waals surface area contributed by atoms with Crippen LogP contribution in [0.1, 0.15) is 0 Å². The summed E-state index contributed by atoms with van der Waals surface area (Å²) >= 11 is 0. The van der Waals surface area contributed by atoms with Gasteiger partial charge in [-0.3, -0.25) is 0 Å². The molecule has 1 heterocycles. The van der Waals surface area contributed by atoms with Crippen molar-refractivity contribution in [1.82, 2.24) is 0 Å². The predicted molar refractivity (Wildman–Crippen MR) is 69.6 cm³/mol. The first-order valence-electron chi connectivity index (χ1n) is 5.63. The first-order chi connectivity index (χ1) is 8.45. The molecule has 0 aliphatic rings. The molecule has 82 valence electrons. The minimum atomic E-state index is 0.907. The van der Waals surface area contributed by atoms with E-state index in [2.05, 4.69) is 30.3 Å². The zero-order valence-corrected chi connectivity index (χ0v) is 9.34. The maximum absolute atomic E-state index is 5.48. The third-order valence-corrected chi connectivity index (χ3v) is 2.80. The molecular weight excluding hydrogens is 208 g/mol. The van der Waals surface area contributed by atoms with Crippen LogP contribution in [0.5, 0.6) is 0 Å². The molecule has 0 unspecified atom stereocenters. The fourth-order valence-electron chi connectivity index (χ4n) is 2.00. The lowest BCUT2D eigenvalue weighted by Gasteiger charge is -2.07. The smallest absolute Gasteiger partial charge is 0.134 e. The van der Waals surface area contributed by atoms with Gasteiger partial charge in [0.05, 0.1) is 6.26 Å². The van der Waals surface area contributed by atoms with Gasteiger partial charge < -0.3 is 4.42 Å². The maximum atomic E-state index is 5.48. The van der Waals surface area contributed by atoms with E-state index in [1.54, 1.807) is 6.26 Å². The molecule has 0 spiro atoms. The number of hydrogen-bond donors (Lipinski definition) is 0. The van der Waals surface area contributed by atoms with E-state index < -0.39 is 0 Å². The molecule has 0 saturated carbocycles. The molecule has 1 heteroatoms. The molecule has 3 aromatic rings. The minimum absolute atomic E-state index is 0.907. The predicted octanol–water partition coefficient (Wildman–Crippen LogP) is 4.61. The molecule has 0 aliphatic heterocycles. The van der Waals surface area contributed by atoms with Gasteiger partial charge in [-0.2, -0.15) is 0 Å².